The highest BCUT2D eigenvalue weighted by molar-refractivity contribution is 5.55. The SMILES string of the molecule is COc1ccc(CN2CCN(Cc3cccc(C#N)c3)CC2)c(OC)c1OC. The zero-order valence-electron chi connectivity index (χ0n) is 16.8. The molecule has 3 rings (SSSR count). The maximum atomic E-state index is 9.06. The standard InChI is InChI=1S/C22H27N3O3/c1-26-20-8-7-19(21(27-2)22(20)28-3)16-25-11-9-24(10-12-25)15-18-6-4-5-17(13-18)14-23/h4-8,13H,9-12,15-16H2,1-3H3. The summed E-state index contributed by atoms with van der Waals surface area (Å²) in [6, 6.07) is 14.0. The summed E-state index contributed by atoms with van der Waals surface area (Å²) in [5, 5.41) is 9.06. The molecule has 0 radical (unpaired) electrons. The maximum absolute atomic E-state index is 9.06. The predicted molar refractivity (Wildman–Crippen MR) is 108 cm³/mol. The van der Waals surface area contributed by atoms with Crippen molar-refractivity contribution >= 4 is 0 Å². The second-order valence-corrected chi connectivity index (χ2v) is 6.86. The van der Waals surface area contributed by atoms with Crippen LogP contribution in [-0.2, 0) is 13.1 Å². The molecule has 2 aromatic carbocycles. The fourth-order valence-corrected chi connectivity index (χ4v) is 3.63. The van der Waals surface area contributed by atoms with Crippen molar-refractivity contribution in [2.24, 2.45) is 0 Å². The van der Waals surface area contributed by atoms with E-state index >= 15 is 0 Å². The molecular formula is C22H27N3O3. The molecular weight excluding hydrogens is 354 g/mol. The van der Waals surface area contributed by atoms with Gasteiger partial charge in [-0.3, -0.25) is 9.80 Å². The molecule has 0 saturated carbocycles. The van der Waals surface area contributed by atoms with E-state index in [0.29, 0.717) is 11.5 Å². The van der Waals surface area contributed by atoms with Gasteiger partial charge in [0.2, 0.25) is 5.75 Å². The van der Waals surface area contributed by atoms with E-state index in [9.17, 15) is 0 Å². The molecule has 6 nitrogen and oxygen atoms in total. The molecule has 0 aliphatic carbocycles. The van der Waals surface area contributed by atoms with Gasteiger partial charge in [-0.2, -0.15) is 5.26 Å². The van der Waals surface area contributed by atoms with Gasteiger partial charge in [0.05, 0.1) is 33.0 Å². The minimum absolute atomic E-state index is 0.638. The van der Waals surface area contributed by atoms with Crippen LogP contribution in [0.4, 0.5) is 0 Å². The Morgan fingerprint density at radius 1 is 0.857 bits per heavy atom. The van der Waals surface area contributed by atoms with Crippen LogP contribution in [0, 0.1) is 11.3 Å². The Bertz CT molecular complexity index is 839. The van der Waals surface area contributed by atoms with Gasteiger partial charge in [-0.25, -0.2) is 0 Å². The minimum atomic E-state index is 0.638. The lowest BCUT2D eigenvalue weighted by Gasteiger charge is -2.35. The molecule has 1 aliphatic heterocycles. The average molecular weight is 381 g/mol. The van der Waals surface area contributed by atoms with Gasteiger partial charge in [-0.1, -0.05) is 18.2 Å². The summed E-state index contributed by atoms with van der Waals surface area (Å²) < 4.78 is 16.5. The van der Waals surface area contributed by atoms with Crippen molar-refractivity contribution < 1.29 is 14.2 Å². The molecule has 6 heteroatoms. The number of ether oxygens (including phenoxy) is 3. The molecule has 1 aliphatic rings. The van der Waals surface area contributed by atoms with Crippen LogP contribution in [0.25, 0.3) is 0 Å². The maximum Gasteiger partial charge on any atom is 0.203 e. The van der Waals surface area contributed by atoms with E-state index in [1.807, 2.05) is 30.3 Å². The van der Waals surface area contributed by atoms with Crippen molar-refractivity contribution in [3.63, 3.8) is 0 Å². The molecule has 0 atom stereocenters. The molecule has 0 bridgehead atoms. The Hall–Kier alpha value is -2.75. The first-order chi connectivity index (χ1) is 13.7. The van der Waals surface area contributed by atoms with Crippen molar-refractivity contribution in [2.75, 3.05) is 47.5 Å². The monoisotopic (exact) mass is 381 g/mol. The third-order valence-corrected chi connectivity index (χ3v) is 5.11. The summed E-state index contributed by atoms with van der Waals surface area (Å²) in [6.07, 6.45) is 0. The smallest absolute Gasteiger partial charge is 0.203 e. The average Bonchev–Trinajstić information content (AvgIpc) is 2.74. The third-order valence-electron chi connectivity index (χ3n) is 5.11. The quantitative estimate of drug-likeness (QED) is 0.735. The van der Waals surface area contributed by atoms with Crippen LogP contribution < -0.4 is 14.2 Å². The number of hydrogen-bond donors (Lipinski definition) is 0. The van der Waals surface area contributed by atoms with Crippen molar-refractivity contribution in [2.45, 2.75) is 13.1 Å². The van der Waals surface area contributed by atoms with E-state index in [-0.39, 0.29) is 0 Å². The van der Waals surface area contributed by atoms with E-state index in [1.54, 1.807) is 21.3 Å². The van der Waals surface area contributed by atoms with Crippen molar-refractivity contribution in [3.8, 4) is 23.3 Å². The number of nitriles is 1. The van der Waals surface area contributed by atoms with Gasteiger partial charge in [-0.05, 0) is 23.8 Å². The number of piperazine rings is 1. The molecule has 1 saturated heterocycles. The van der Waals surface area contributed by atoms with E-state index < -0.39 is 0 Å². The van der Waals surface area contributed by atoms with Crippen LogP contribution in [0.1, 0.15) is 16.7 Å². The highest BCUT2D eigenvalue weighted by Gasteiger charge is 2.21. The molecule has 0 unspecified atom stereocenters. The summed E-state index contributed by atoms with van der Waals surface area (Å²) in [7, 11) is 4.92. The number of methoxy groups -OCH3 is 3. The van der Waals surface area contributed by atoms with E-state index in [2.05, 4.69) is 21.9 Å². The van der Waals surface area contributed by atoms with Crippen LogP contribution >= 0.6 is 0 Å². The normalized spacial score (nSPS) is 15.1. The molecule has 28 heavy (non-hydrogen) atoms. The molecule has 1 fully saturated rings. The molecule has 0 N–H and O–H groups in total. The number of rotatable bonds is 7. The lowest BCUT2D eigenvalue weighted by Crippen LogP contribution is -2.45. The molecule has 148 valence electrons. The van der Waals surface area contributed by atoms with Crippen LogP contribution in [0.15, 0.2) is 36.4 Å². The Kier molecular flexibility index (Phi) is 6.75. The Labute approximate surface area is 166 Å². The molecule has 0 aromatic heterocycles. The largest absolute Gasteiger partial charge is 0.493 e. The van der Waals surface area contributed by atoms with Crippen LogP contribution in [-0.4, -0.2) is 57.3 Å². The molecule has 2 aromatic rings. The van der Waals surface area contributed by atoms with Crippen molar-refractivity contribution in [1.29, 1.82) is 5.26 Å². The van der Waals surface area contributed by atoms with Gasteiger partial charge in [0.25, 0.3) is 0 Å². The highest BCUT2D eigenvalue weighted by Crippen LogP contribution is 2.40. The topological polar surface area (TPSA) is 58.0 Å². The van der Waals surface area contributed by atoms with Gasteiger partial charge in [-0.15, -0.1) is 0 Å². The summed E-state index contributed by atoms with van der Waals surface area (Å²) in [6.45, 7) is 5.63. The van der Waals surface area contributed by atoms with Crippen LogP contribution in [0.3, 0.4) is 0 Å². The number of hydrogen-bond acceptors (Lipinski definition) is 6. The highest BCUT2D eigenvalue weighted by atomic mass is 16.5. The first kappa shape index (κ1) is 20.0. The summed E-state index contributed by atoms with van der Waals surface area (Å²) in [5.74, 6) is 2.05. The second-order valence-electron chi connectivity index (χ2n) is 6.86. The molecule has 0 spiro atoms. The van der Waals surface area contributed by atoms with E-state index in [4.69, 9.17) is 19.5 Å². The first-order valence-corrected chi connectivity index (χ1v) is 9.40. The molecule has 0 amide bonds. The zero-order valence-corrected chi connectivity index (χ0v) is 16.8. The minimum Gasteiger partial charge on any atom is -0.493 e. The predicted octanol–water partition coefficient (Wildman–Crippen LogP) is 2.90. The first-order valence-electron chi connectivity index (χ1n) is 9.40. The van der Waals surface area contributed by atoms with E-state index in [0.717, 1.165) is 56.1 Å². The Morgan fingerprint density at radius 3 is 2.14 bits per heavy atom. The van der Waals surface area contributed by atoms with Gasteiger partial charge >= 0.3 is 0 Å². The zero-order chi connectivity index (χ0) is 19.9. The Morgan fingerprint density at radius 2 is 1.54 bits per heavy atom. The van der Waals surface area contributed by atoms with Crippen LogP contribution in [0.2, 0.25) is 0 Å². The van der Waals surface area contributed by atoms with Gasteiger partial charge < -0.3 is 14.2 Å². The van der Waals surface area contributed by atoms with Crippen LogP contribution in [0.5, 0.6) is 17.2 Å². The molecule has 1 heterocycles. The fraction of sp³-hybridized carbons (Fsp3) is 0.409. The van der Waals surface area contributed by atoms with Crippen molar-refractivity contribution in [3.05, 3.63) is 53.1 Å². The van der Waals surface area contributed by atoms with E-state index in [1.165, 1.54) is 5.56 Å². The number of nitrogens with zero attached hydrogens (tertiary/aromatic N) is 3. The fourth-order valence-electron chi connectivity index (χ4n) is 3.63. The lowest BCUT2D eigenvalue weighted by molar-refractivity contribution is 0.121. The van der Waals surface area contributed by atoms with Gasteiger partial charge in [0.15, 0.2) is 11.5 Å². The van der Waals surface area contributed by atoms with Gasteiger partial charge in [0, 0.05) is 44.8 Å². The third kappa shape index (κ3) is 4.56. The summed E-state index contributed by atoms with van der Waals surface area (Å²) in [5.41, 5.74) is 3.00. The second kappa shape index (κ2) is 9.45. The Balaban J connectivity index is 1.61. The van der Waals surface area contributed by atoms with Crippen molar-refractivity contribution in [1.82, 2.24) is 9.80 Å². The number of benzene rings is 2. The van der Waals surface area contributed by atoms with Gasteiger partial charge in [0.1, 0.15) is 0 Å². The summed E-state index contributed by atoms with van der Waals surface area (Å²) >= 11 is 0. The summed E-state index contributed by atoms with van der Waals surface area (Å²) in [4.78, 5) is 4.85. The lowest BCUT2D eigenvalue weighted by atomic mass is 10.1.